The first-order chi connectivity index (χ1) is 13.6. The molecule has 0 aromatic heterocycles. The fourth-order valence-electron chi connectivity index (χ4n) is 3.17. The SMILES string of the molecule is CC(NC(=O)CN1CCN(CCCOCC(F)(F)F)CC1)c1ccc(Cl)cc1Cl. The van der Waals surface area contributed by atoms with Crippen molar-refractivity contribution in [3.05, 3.63) is 33.8 Å². The van der Waals surface area contributed by atoms with Crippen molar-refractivity contribution in [2.24, 2.45) is 0 Å². The number of halogens is 5. The predicted molar refractivity (Wildman–Crippen MR) is 107 cm³/mol. The minimum absolute atomic E-state index is 0.0856. The van der Waals surface area contributed by atoms with Gasteiger partial charge >= 0.3 is 6.18 Å². The maximum atomic E-state index is 12.3. The number of alkyl halides is 3. The summed E-state index contributed by atoms with van der Waals surface area (Å²) in [6.45, 7) is 4.73. The summed E-state index contributed by atoms with van der Waals surface area (Å²) in [5, 5.41) is 4.00. The Morgan fingerprint density at radius 2 is 1.86 bits per heavy atom. The first-order valence-electron chi connectivity index (χ1n) is 9.47. The maximum Gasteiger partial charge on any atom is 0.411 e. The number of rotatable bonds is 9. The van der Waals surface area contributed by atoms with Crippen LogP contribution >= 0.6 is 23.2 Å². The van der Waals surface area contributed by atoms with Crippen LogP contribution in [0.3, 0.4) is 0 Å². The Kier molecular flexibility index (Phi) is 9.49. The second kappa shape index (κ2) is 11.4. The molecule has 5 nitrogen and oxygen atoms in total. The molecule has 2 rings (SSSR count). The quantitative estimate of drug-likeness (QED) is 0.575. The summed E-state index contributed by atoms with van der Waals surface area (Å²) < 4.78 is 40.7. The Labute approximate surface area is 179 Å². The number of carbonyl (C=O) groups excluding carboxylic acids is 1. The molecule has 1 aliphatic heterocycles. The van der Waals surface area contributed by atoms with E-state index in [9.17, 15) is 18.0 Å². The van der Waals surface area contributed by atoms with E-state index in [-0.39, 0.29) is 25.1 Å². The Morgan fingerprint density at radius 1 is 1.21 bits per heavy atom. The van der Waals surface area contributed by atoms with Gasteiger partial charge in [-0.1, -0.05) is 29.3 Å². The van der Waals surface area contributed by atoms with E-state index < -0.39 is 12.8 Å². The summed E-state index contributed by atoms with van der Waals surface area (Å²) in [4.78, 5) is 16.6. The van der Waals surface area contributed by atoms with E-state index in [4.69, 9.17) is 23.2 Å². The van der Waals surface area contributed by atoms with Crippen LogP contribution in [0.1, 0.15) is 24.9 Å². The molecule has 0 saturated carbocycles. The number of ether oxygens (including phenoxy) is 1. The molecule has 0 spiro atoms. The van der Waals surface area contributed by atoms with Gasteiger partial charge in [0.2, 0.25) is 5.91 Å². The number of nitrogens with zero attached hydrogens (tertiary/aromatic N) is 2. The first-order valence-corrected chi connectivity index (χ1v) is 10.2. The summed E-state index contributed by atoms with van der Waals surface area (Å²) in [5.74, 6) is -0.0856. The molecule has 1 fully saturated rings. The minimum Gasteiger partial charge on any atom is -0.372 e. The van der Waals surface area contributed by atoms with Gasteiger partial charge in [-0.05, 0) is 31.0 Å². The van der Waals surface area contributed by atoms with Crippen LogP contribution < -0.4 is 5.32 Å². The number of amides is 1. The molecule has 1 aliphatic rings. The lowest BCUT2D eigenvalue weighted by molar-refractivity contribution is -0.174. The summed E-state index contributed by atoms with van der Waals surface area (Å²) in [6, 6.07) is 4.95. The number of hydrogen-bond acceptors (Lipinski definition) is 4. The molecule has 1 saturated heterocycles. The lowest BCUT2D eigenvalue weighted by Crippen LogP contribution is -2.49. The highest BCUT2D eigenvalue weighted by molar-refractivity contribution is 6.35. The Hall–Kier alpha value is -1.06. The number of hydrogen-bond donors (Lipinski definition) is 1. The minimum atomic E-state index is -4.28. The van der Waals surface area contributed by atoms with Crippen LogP contribution in [-0.4, -0.2) is 74.4 Å². The molecule has 0 bridgehead atoms. The van der Waals surface area contributed by atoms with E-state index in [1.807, 2.05) is 6.92 Å². The maximum absolute atomic E-state index is 12.3. The molecule has 10 heteroatoms. The fourth-order valence-corrected chi connectivity index (χ4v) is 3.74. The standard InChI is InChI=1S/C19H26Cl2F3N3O2/c1-14(16-4-3-15(20)11-17(16)21)25-18(28)12-27-8-6-26(7-9-27)5-2-10-29-13-19(22,23)24/h3-4,11,14H,2,5-10,12-13H2,1H3,(H,25,28). The number of benzene rings is 1. The van der Waals surface area contributed by atoms with Gasteiger partial charge in [0.25, 0.3) is 0 Å². The Morgan fingerprint density at radius 3 is 2.48 bits per heavy atom. The third kappa shape index (κ3) is 9.09. The lowest BCUT2D eigenvalue weighted by atomic mass is 10.1. The third-order valence-corrected chi connectivity index (χ3v) is 5.23. The van der Waals surface area contributed by atoms with Crippen LogP contribution in [-0.2, 0) is 9.53 Å². The van der Waals surface area contributed by atoms with E-state index in [1.165, 1.54) is 0 Å². The van der Waals surface area contributed by atoms with Gasteiger partial charge in [-0.3, -0.25) is 9.69 Å². The molecule has 164 valence electrons. The van der Waals surface area contributed by atoms with Crippen LogP contribution in [0.25, 0.3) is 0 Å². The van der Waals surface area contributed by atoms with Gasteiger partial charge in [-0.2, -0.15) is 13.2 Å². The van der Waals surface area contributed by atoms with E-state index in [1.54, 1.807) is 18.2 Å². The van der Waals surface area contributed by atoms with E-state index >= 15 is 0 Å². The smallest absolute Gasteiger partial charge is 0.372 e. The number of piperazine rings is 1. The first kappa shape index (κ1) is 24.2. The summed E-state index contributed by atoms with van der Waals surface area (Å²) in [6.07, 6.45) is -3.72. The zero-order valence-electron chi connectivity index (χ0n) is 16.3. The number of nitrogens with one attached hydrogen (secondary N) is 1. The highest BCUT2D eigenvalue weighted by Gasteiger charge is 2.27. The molecule has 29 heavy (non-hydrogen) atoms. The Balaban J connectivity index is 1.64. The summed E-state index contributed by atoms with van der Waals surface area (Å²) in [5.41, 5.74) is 0.807. The zero-order valence-corrected chi connectivity index (χ0v) is 17.8. The summed E-state index contributed by atoms with van der Waals surface area (Å²) in [7, 11) is 0. The van der Waals surface area contributed by atoms with Crippen molar-refractivity contribution in [1.82, 2.24) is 15.1 Å². The average molecular weight is 456 g/mol. The second-order valence-electron chi connectivity index (χ2n) is 7.09. The molecule has 1 aromatic carbocycles. The zero-order chi connectivity index (χ0) is 21.4. The molecular formula is C19H26Cl2F3N3O2. The normalized spacial score (nSPS) is 17.3. The van der Waals surface area contributed by atoms with E-state index in [2.05, 4.69) is 19.9 Å². The van der Waals surface area contributed by atoms with Gasteiger partial charge in [0.15, 0.2) is 0 Å². The van der Waals surface area contributed by atoms with Gasteiger partial charge in [0.05, 0.1) is 12.6 Å². The molecule has 0 aliphatic carbocycles. The van der Waals surface area contributed by atoms with E-state index in [0.717, 1.165) is 31.7 Å². The Bertz CT molecular complexity index is 669. The molecular weight excluding hydrogens is 430 g/mol. The molecule has 1 amide bonds. The third-order valence-electron chi connectivity index (χ3n) is 4.67. The van der Waals surface area contributed by atoms with Crippen molar-refractivity contribution >= 4 is 29.1 Å². The van der Waals surface area contributed by atoms with Gasteiger partial charge in [0, 0.05) is 49.4 Å². The fraction of sp³-hybridized carbons (Fsp3) is 0.632. The van der Waals surface area contributed by atoms with Crippen LogP contribution in [0.5, 0.6) is 0 Å². The molecule has 1 atom stereocenters. The van der Waals surface area contributed by atoms with Crippen molar-refractivity contribution in [1.29, 1.82) is 0 Å². The van der Waals surface area contributed by atoms with Crippen molar-refractivity contribution in [3.63, 3.8) is 0 Å². The van der Waals surface area contributed by atoms with Gasteiger partial charge in [-0.15, -0.1) is 0 Å². The molecule has 0 radical (unpaired) electrons. The molecule has 1 N–H and O–H groups in total. The van der Waals surface area contributed by atoms with Crippen LogP contribution in [0.2, 0.25) is 10.0 Å². The molecule has 1 aromatic rings. The summed E-state index contributed by atoms with van der Waals surface area (Å²) >= 11 is 12.1. The number of carbonyl (C=O) groups is 1. The second-order valence-corrected chi connectivity index (χ2v) is 7.94. The van der Waals surface area contributed by atoms with Gasteiger partial charge in [0.1, 0.15) is 6.61 Å². The average Bonchev–Trinajstić information content (AvgIpc) is 2.61. The predicted octanol–water partition coefficient (Wildman–Crippen LogP) is 3.76. The van der Waals surface area contributed by atoms with Crippen LogP contribution in [0.15, 0.2) is 18.2 Å². The van der Waals surface area contributed by atoms with Crippen molar-refractivity contribution < 1.29 is 22.7 Å². The van der Waals surface area contributed by atoms with Crippen molar-refractivity contribution in [2.75, 3.05) is 52.5 Å². The van der Waals surface area contributed by atoms with Gasteiger partial charge in [-0.25, -0.2) is 0 Å². The lowest BCUT2D eigenvalue weighted by Gasteiger charge is -2.34. The van der Waals surface area contributed by atoms with Gasteiger partial charge < -0.3 is 15.0 Å². The van der Waals surface area contributed by atoms with Crippen molar-refractivity contribution in [3.8, 4) is 0 Å². The molecule has 1 unspecified atom stereocenters. The molecule has 1 heterocycles. The monoisotopic (exact) mass is 455 g/mol. The van der Waals surface area contributed by atoms with Crippen LogP contribution in [0.4, 0.5) is 13.2 Å². The highest BCUT2D eigenvalue weighted by atomic mass is 35.5. The topological polar surface area (TPSA) is 44.8 Å². The largest absolute Gasteiger partial charge is 0.411 e. The highest BCUT2D eigenvalue weighted by Crippen LogP contribution is 2.26. The van der Waals surface area contributed by atoms with Crippen molar-refractivity contribution in [2.45, 2.75) is 25.6 Å². The van der Waals surface area contributed by atoms with E-state index in [0.29, 0.717) is 23.0 Å². The van der Waals surface area contributed by atoms with Crippen LogP contribution in [0, 0.1) is 0 Å².